The van der Waals surface area contributed by atoms with Gasteiger partial charge in [-0.05, 0) is 37.0 Å². The largest absolute Gasteiger partial charge is 0.435 e. The van der Waals surface area contributed by atoms with E-state index in [4.69, 9.17) is 0 Å². The summed E-state index contributed by atoms with van der Waals surface area (Å²) in [6.45, 7) is 3.33. The van der Waals surface area contributed by atoms with Gasteiger partial charge in [0.1, 0.15) is 5.82 Å². The molecule has 3 heterocycles. The first-order chi connectivity index (χ1) is 13.2. The van der Waals surface area contributed by atoms with Gasteiger partial charge in [0.25, 0.3) is 0 Å². The Balaban J connectivity index is 1.91. The fourth-order valence-electron chi connectivity index (χ4n) is 3.39. The van der Waals surface area contributed by atoms with Crippen LogP contribution in [0, 0.1) is 0 Å². The molecule has 2 aromatic heterocycles. The normalized spacial score (nSPS) is 20.0. The average Bonchev–Trinajstić information content (AvgIpc) is 3.06. The predicted octanol–water partition coefficient (Wildman–Crippen LogP) is 3.01. The molecular formula is C18H20F3N5O2. The first kappa shape index (κ1) is 19.8. The van der Waals surface area contributed by atoms with E-state index in [0.717, 1.165) is 5.56 Å². The number of carbonyl (C=O) groups excluding carboxylic acids is 2. The van der Waals surface area contributed by atoms with Crippen molar-refractivity contribution < 1.29 is 22.8 Å². The van der Waals surface area contributed by atoms with Crippen LogP contribution in [0.15, 0.2) is 24.5 Å². The molecule has 10 heteroatoms. The molecule has 28 heavy (non-hydrogen) atoms. The maximum Gasteiger partial charge on any atom is 0.435 e. The molecule has 1 fully saturated rings. The smallest absolute Gasteiger partial charge is 0.349 e. The van der Waals surface area contributed by atoms with Crippen LogP contribution < -0.4 is 10.6 Å². The summed E-state index contributed by atoms with van der Waals surface area (Å²) in [7, 11) is 0. The maximum atomic E-state index is 13.4. The third kappa shape index (κ3) is 4.32. The van der Waals surface area contributed by atoms with Gasteiger partial charge in [-0.3, -0.25) is 14.3 Å². The number of pyridine rings is 1. The van der Waals surface area contributed by atoms with Crippen LogP contribution in [0.2, 0.25) is 0 Å². The summed E-state index contributed by atoms with van der Waals surface area (Å²) in [6.07, 6.45) is -1.34. The summed E-state index contributed by atoms with van der Waals surface area (Å²) in [4.78, 5) is 27.5. The number of hydrogen-bond acceptors (Lipinski definition) is 4. The van der Waals surface area contributed by atoms with Gasteiger partial charge < -0.3 is 10.6 Å². The second-order valence-corrected chi connectivity index (χ2v) is 6.70. The number of aryl methyl sites for hydroxylation is 1. The lowest BCUT2D eigenvalue weighted by atomic mass is 9.84. The zero-order valence-electron chi connectivity index (χ0n) is 15.4. The molecule has 150 valence electrons. The van der Waals surface area contributed by atoms with Gasteiger partial charge in [-0.15, -0.1) is 0 Å². The van der Waals surface area contributed by atoms with Crippen LogP contribution in [0.1, 0.15) is 55.5 Å². The van der Waals surface area contributed by atoms with E-state index in [1.54, 1.807) is 19.1 Å². The molecule has 2 atom stereocenters. The third-order valence-corrected chi connectivity index (χ3v) is 4.60. The first-order valence-corrected chi connectivity index (χ1v) is 8.84. The van der Waals surface area contributed by atoms with Gasteiger partial charge in [0.15, 0.2) is 5.69 Å². The summed E-state index contributed by atoms with van der Waals surface area (Å²) in [5.41, 5.74) is -0.285. The molecule has 1 aliphatic rings. The second kappa shape index (κ2) is 7.61. The van der Waals surface area contributed by atoms with Crippen molar-refractivity contribution in [2.45, 2.75) is 51.4 Å². The minimum absolute atomic E-state index is 0.0384. The summed E-state index contributed by atoms with van der Waals surface area (Å²) >= 11 is 0. The Hall–Kier alpha value is -2.91. The molecule has 2 unspecified atom stereocenters. The molecule has 1 aliphatic heterocycles. The van der Waals surface area contributed by atoms with E-state index in [-0.39, 0.29) is 42.7 Å². The highest BCUT2D eigenvalue weighted by atomic mass is 19.4. The lowest BCUT2D eigenvalue weighted by molar-refractivity contribution is -0.142. The van der Waals surface area contributed by atoms with Crippen LogP contribution >= 0.6 is 0 Å². The predicted molar refractivity (Wildman–Crippen MR) is 94.3 cm³/mol. The quantitative estimate of drug-likeness (QED) is 0.833. The Bertz CT molecular complexity index is 894. The molecule has 1 saturated heterocycles. The average molecular weight is 395 g/mol. The van der Waals surface area contributed by atoms with E-state index in [1.807, 2.05) is 0 Å². The molecular weight excluding hydrogens is 375 g/mol. The summed E-state index contributed by atoms with van der Waals surface area (Å²) in [5, 5.41) is 8.84. The fourth-order valence-corrected chi connectivity index (χ4v) is 3.39. The van der Waals surface area contributed by atoms with Gasteiger partial charge in [-0.1, -0.05) is 0 Å². The highest BCUT2D eigenvalue weighted by molar-refractivity contribution is 5.87. The van der Waals surface area contributed by atoms with E-state index in [2.05, 4.69) is 20.7 Å². The number of nitrogens with one attached hydrogen (secondary N) is 2. The zero-order valence-corrected chi connectivity index (χ0v) is 15.4. The number of amides is 2. The number of alkyl halides is 3. The van der Waals surface area contributed by atoms with Gasteiger partial charge in [0.05, 0.1) is 6.04 Å². The zero-order chi connectivity index (χ0) is 20.5. The van der Waals surface area contributed by atoms with Crippen LogP contribution in [0.25, 0.3) is 0 Å². The molecule has 0 bridgehead atoms. The Morgan fingerprint density at radius 1 is 1.43 bits per heavy atom. The molecule has 0 radical (unpaired) electrons. The van der Waals surface area contributed by atoms with Gasteiger partial charge in [0.2, 0.25) is 11.8 Å². The van der Waals surface area contributed by atoms with Crippen molar-refractivity contribution >= 4 is 17.6 Å². The van der Waals surface area contributed by atoms with Crippen LogP contribution in [-0.4, -0.2) is 26.6 Å². The molecule has 0 aromatic carbocycles. The minimum atomic E-state index is -4.61. The molecule has 0 aliphatic carbocycles. The maximum absolute atomic E-state index is 13.4. The highest BCUT2D eigenvalue weighted by Crippen LogP contribution is 2.40. The standard InChI is InChI=1S/C18H20F3N5O2/c1-3-26-9-13(17(25-26)18(19,20)21)14-6-12(8-16(28)24-14)11-4-5-22-15(7-11)23-10(2)27/h4-5,7,9,12,14H,3,6,8H2,1-2H3,(H,24,28)(H,22,23,27). The van der Waals surface area contributed by atoms with Crippen molar-refractivity contribution in [2.24, 2.45) is 0 Å². The summed E-state index contributed by atoms with van der Waals surface area (Å²) in [5.74, 6) is -0.593. The molecule has 2 amide bonds. The summed E-state index contributed by atoms with van der Waals surface area (Å²) < 4.78 is 41.4. The lowest BCUT2D eigenvalue weighted by Crippen LogP contribution is -2.36. The van der Waals surface area contributed by atoms with E-state index >= 15 is 0 Å². The minimum Gasteiger partial charge on any atom is -0.349 e. The van der Waals surface area contributed by atoms with Gasteiger partial charge in [-0.25, -0.2) is 4.98 Å². The monoisotopic (exact) mass is 395 g/mol. The lowest BCUT2D eigenvalue weighted by Gasteiger charge is -2.30. The van der Waals surface area contributed by atoms with Gasteiger partial charge >= 0.3 is 6.18 Å². The number of hydrogen-bond donors (Lipinski definition) is 2. The van der Waals surface area contributed by atoms with Crippen molar-refractivity contribution in [2.75, 3.05) is 5.32 Å². The van der Waals surface area contributed by atoms with Crippen molar-refractivity contribution in [1.82, 2.24) is 20.1 Å². The number of piperidine rings is 1. The van der Waals surface area contributed by atoms with Gasteiger partial charge in [0, 0.05) is 37.8 Å². The van der Waals surface area contributed by atoms with Crippen LogP contribution in [0.3, 0.4) is 0 Å². The molecule has 3 rings (SSSR count). The SMILES string of the molecule is CCn1cc(C2CC(c3ccnc(NC(C)=O)c3)CC(=O)N2)c(C(F)(F)F)n1. The van der Waals surface area contributed by atoms with E-state index in [0.29, 0.717) is 5.82 Å². The Morgan fingerprint density at radius 3 is 2.82 bits per heavy atom. The van der Waals surface area contributed by atoms with E-state index in [9.17, 15) is 22.8 Å². The third-order valence-electron chi connectivity index (χ3n) is 4.60. The Labute approximate surface area is 159 Å². The number of anilines is 1. The van der Waals surface area contributed by atoms with E-state index in [1.165, 1.54) is 24.0 Å². The molecule has 7 nitrogen and oxygen atoms in total. The molecule has 2 aromatic rings. The van der Waals surface area contributed by atoms with Gasteiger partial charge in [-0.2, -0.15) is 18.3 Å². The fraction of sp³-hybridized carbons (Fsp3) is 0.444. The van der Waals surface area contributed by atoms with Crippen molar-refractivity contribution in [3.8, 4) is 0 Å². The van der Waals surface area contributed by atoms with Crippen molar-refractivity contribution in [1.29, 1.82) is 0 Å². The first-order valence-electron chi connectivity index (χ1n) is 8.84. The number of nitrogens with zero attached hydrogens (tertiary/aromatic N) is 3. The number of carbonyl (C=O) groups is 2. The topological polar surface area (TPSA) is 88.9 Å². The number of halogens is 3. The molecule has 0 spiro atoms. The second-order valence-electron chi connectivity index (χ2n) is 6.70. The van der Waals surface area contributed by atoms with Crippen molar-refractivity contribution in [3.05, 3.63) is 41.3 Å². The Morgan fingerprint density at radius 2 is 2.18 bits per heavy atom. The molecule has 2 N–H and O–H groups in total. The Kier molecular flexibility index (Phi) is 5.39. The summed E-state index contributed by atoms with van der Waals surface area (Å²) in [6, 6.07) is 2.54. The van der Waals surface area contributed by atoms with Crippen LogP contribution in [0.4, 0.5) is 19.0 Å². The van der Waals surface area contributed by atoms with E-state index < -0.39 is 17.9 Å². The molecule has 0 saturated carbocycles. The van der Waals surface area contributed by atoms with Crippen molar-refractivity contribution in [3.63, 3.8) is 0 Å². The number of rotatable bonds is 4. The van der Waals surface area contributed by atoms with Crippen LogP contribution in [0.5, 0.6) is 0 Å². The highest BCUT2D eigenvalue weighted by Gasteiger charge is 2.41. The van der Waals surface area contributed by atoms with Crippen LogP contribution in [-0.2, 0) is 22.3 Å². The number of aromatic nitrogens is 3.